The van der Waals surface area contributed by atoms with Crippen molar-refractivity contribution in [1.29, 1.82) is 0 Å². The van der Waals surface area contributed by atoms with E-state index < -0.39 is 17.5 Å². The number of hydrogen-bond donors (Lipinski definition) is 1. The van der Waals surface area contributed by atoms with Gasteiger partial charge in [0.1, 0.15) is 29.0 Å². The summed E-state index contributed by atoms with van der Waals surface area (Å²) in [7, 11) is 1.54. The van der Waals surface area contributed by atoms with Crippen LogP contribution >= 0.6 is 0 Å². The first-order valence-corrected chi connectivity index (χ1v) is 7.49. The number of benzene rings is 1. The van der Waals surface area contributed by atoms with Crippen LogP contribution in [0.4, 0.5) is 14.6 Å². The molecule has 8 heteroatoms. The second kappa shape index (κ2) is 7.14. The zero-order chi connectivity index (χ0) is 18.7. The van der Waals surface area contributed by atoms with E-state index >= 15 is 0 Å². The van der Waals surface area contributed by atoms with Gasteiger partial charge >= 0.3 is 0 Å². The molecule has 26 heavy (non-hydrogen) atoms. The maximum absolute atomic E-state index is 13.1. The van der Waals surface area contributed by atoms with E-state index in [1.54, 1.807) is 7.05 Å². The number of nitrogens with one attached hydrogen (secondary N) is 1. The zero-order valence-corrected chi connectivity index (χ0v) is 13.6. The van der Waals surface area contributed by atoms with E-state index in [9.17, 15) is 18.4 Å². The molecule has 0 radical (unpaired) electrons. The maximum Gasteiger partial charge on any atom is 0.258 e. The molecule has 0 aliphatic carbocycles. The Hall–Kier alpha value is -3.55. The Morgan fingerprint density at radius 2 is 1.81 bits per heavy atom. The topological polar surface area (TPSA) is 73.2 Å². The van der Waals surface area contributed by atoms with Gasteiger partial charge < -0.3 is 14.6 Å². The first kappa shape index (κ1) is 17.3. The summed E-state index contributed by atoms with van der Waals surface area (Å²) in [5.41, 5.74) is 0.0689. The monoisotopic (exact) mass is 357 g/mol. The molecule has 132 valence electrons. The number of aromatic nitrogens is 2. The lowest BCUT2D eigenvalue weighted by molar-refractivity contribution is 0.102. The highest BCUT2D eigenvalue weighted by Gasteiger charge is 2.09. The fourth-order valence-corrected chi connectivity index (χ4v) is 2.15. The molecule has 0 unspecified atom stereocenters. The summed E-state index contributed by atoms with van der Waals surface area (Å²) in [5, 5.41) is 2.57. The lowest BCUT2D eigenvalue weighted by Gasteiger charge is -2.08. The Morgan fingerprint density at radius 3 is 2.42 bits per heavy atom. The number of anilines is 1. The molecule has 2 aromatic heterocycles. The normalized spacial score (nSPS) is 10.4. The minimum Gasteiger partial charge on any atom is -0.456 e. The Labute approximate surface area is 146 Å². The predicted octanol–water partition coefficient (Wildman–Crippen LogP) is 3.10. The van der Waals surface area contributed by atoms with Gasteiger partial charge in [0, 0.05) is 37.5 Å². The number of nitrogens with zero attached hydrogens (tertiary/aromatic N) is 2. The van der Waals surface area contributed by atoms with Crippen LogP contribution in [0.25, 0.3) is 0 Å². The third-order valence-corrected chi connectivity index (χ3v) is 3.40. The van der Waals surface area contributed by atoms with Gasteiger partial charge in [0.25, 0.3) is 5.91 Å². The first-order chi connectivity index (χ1) is 12.4. The van der Waals surface area contributed by atoms with E-state index in [2.05, 4.69) is 10.3 Å². The summed E-state index contributed by atoms with van der Waals surface area (Å²) in [6, 6.07) is 8.49. The van der Waals surface area contributed by atoms with Crippen LogP contribution in [0, 0.1) is 11.6 Å². The molecule has 1 aromatic carbocycles. The third kappa shape index (κ3) is 4.10. The molecular formula is C18H13F2N3O3. The molecule has 0 aliphatic heterocycles. The van der Waals surface area contributed by atoms with E-state index in [-0.39, 0.29) is 22.9 Å². The smallest absolute Gasteiger partial charge is 0.258 e. The van der Waals surface area contributed by atoms with E-state index in [1.165, 1.54) is 41.2 Å². The number of halogens is 2. The average molecular weight is 357 g/mol. The number of carbonyl (C=O) groups is 1. The predicted molar refractivity (Wildman–Crippen MR) is 90.3 cm³/mol. The summed E-state index contributed by atoms with van der Waals surface area (Å²) in [6.07, 6.45) is 2.72. The molecule has 1 N–H and O–H groups in total. The summed E-state index contributed by atoms with van der Waals surface area (Å²) in [6.45, 7) is 0. The fraction of sp³-hybridized carbons (Fsp3) is 0.0556. The number of pyridine rings is 2. The highest BCUT2D eigenvalue weighted by Crippen LogP contribution is 2.23. The van der Waals surface area contributed by atoms with Crippen LogP contribution in [0.1, 0.15) is 10.4 Å². The molecule has 0 saturated heterocycles. The second-order valence-corrected chi connectivity index (χ2v) is 5.41. The van der Waals surface area contributed by atoms with Crippen molar-refractivity contribution in [2.24, 2.45) is 7.05 Å². The van der Waals surface area contributed by atoms with Crippen LogP contribution < -0.4 is 15.6 Å². The minimum atomic E-state index is -0.755. The van der Waals surface area contributed by atoms with Crippen LogP contribution in [-0.2, 0) is 7.05 Å². The third-order valence-electron chi connectivity index (χ3n) is 3.40. The molecule has 0 aliphatic rings. The van der Waals surface area contributed by atoms with Gasteiger partial charge in [-0.1, -0.05) is 0 Å². The van der Waals surface area contributed by atoms with Crippen molar-refractivity contribution in [2.75, 3.05) is 5.32 Å². The highest BCUT2D eigenvalue weighted by atomic mass is 19.1. The van der Waals surface area contributed by atoms with Gasteiger partial charge in [0.15, 0.2) is 0 Å². The van der Waals surface area contributed by atoms with E-state index in [0.29, 0.717) is 5.56 Å². The molecule has 3 aromatic rings. The van der Waals surface area contributed by atoms with Gasteiger partial charge in [0.05, 0.1) is 11.8 Å². The minimum absolute atomic E-state index is 0.00807. The van der Waals surface area contributed by atoms with Crippen molar-refractivity contribution in [2.45, 2.75) is 0 Å². The van der Waals surface area contributed by atoms with Crippen LogP contribution in [0.5, 0.6) is 11.5 Å². The summed E-state index contributed by atoms with van der Waals surface area (Å²) < 4.78 is 32.9. The molecular weight excluding hydrogens is 344 g/mol. The summed E-state index contributed by atoms with van der Waals surface area (Å²) >= 11 is 0. The van der Waals surface area contributed by atoms with Crippen molar-refractivity contribution in [3.05, 3.63) is 82.4 Å². The number of ether oxygens (including phenoxy) is 1. The van der Waals surface area contributed by atoms with E-state index in [1.807, 2.05) is 0 Å². The van der Waals surface area contributed by atoms with Gasteiger partial charge in [0.2, 0.25) is 5.56 Å². The Bertz CT molecular complexity index is 997. The van der Waals surface area contributed by atoms with Crippen molar-refractivity contribution < 1.29 is 18.3 Å². The van der Waals surface area contributed by atoms with Crippen molar-refractivity contribution >= 4 is 11.7 Å². The number of rotatable bonds is 4. The van der Waals surface area contributed by atoms with Crippen LogP contribution in [0.2, 0.25) is 0 Å². The molecule has 0 saturated carbocycles. The Balaban J connectivity index is 1.70. The summed E-state index contributed by atoms with van der Waals surface area (Å²) in [4.78, 5) is 27.5. The van der Waals surface area contributed by atoms with Gasteiger partial charge in [-0.15, -0.1) is 0 Å². The van der Waals surface area contributed by atoms with Crippen LogP contribution in [0.3, 0.4) is 0 Å². The van der Waals surface area contributed by atoms with Crippen LogP contribution in [-0.4, -0.2) is 15.5 Å². The van der Waals surface area contributed by atoms with Gasteiger partial charge in [-0.2, -0.15) is 0 Å². The van der Waals surface area contributed by atoms with Crippen LogP contribution in [0.15, 0.2) is 59.7 Å². The van der Waals surface area contributed by atoms with Crippen molar-refractivity contribution in [3.63, 3.8) is 0 Å². The Kier molecular flexibility index (Phi) is 4.74. The lowest BCUT2D eigenvalue weighted by atomic mass is 10.2. The SMILES string of the molecule is Cn1cc(C(=O)Nc2ccc(Oc3cc(F)cc(F)c3)cn2)ccc1=O. The van der Waals surface area contributed by atoms with Crippen molar-refractivity contribution in [3.8, 4) is 11.5 Å². The molecule has 6 nitrogen and oxygen atoms in total. The number of aryl methyl sites for hydroxylation is 1. The van der Waals surface area contributed by atoms with E-state index in [0.717, 1.165) is 18.2 Å². The molecule has 3 rings (SSSR count). The maximum atomic E-state index is 13.1. The standard InChI is InChI=1S/C18H13F2N3O3/c1-23-10-11(2-5-17(23)24)18(25)22-16-4-3-14(9-21-16)26-15-7-12(19)6-13(20)8-15/h2-10H,1H3,(H,21,22,25). The van der Waals surface area contributed by atoms with Gasteiger partial charge in [-0.3, -0.25) is 9.59 Å². The first-order valence-electron chi connectivity index (χ1n) is 7.49. The second-order valence-electron chi connectivity index (χ2n) is 5.41. The zero-order valence-electron chi connectivity index (χ0n) is 13.6. The van der Waals surface area contributed by atoms with Gasteiger partial charge in [-0.05, 0) is 18.2 Å². The number of amides is 1. The Morgan fingerprint density at radius 1 is 1.08 bits per heavy atom. The number of hydrogen-bond acceptors (Lipinski definition) is 4. The van der Waals surface area contributed by atoms with Crippen molar-refractivity contribution in [1.82, 2.24) is 9.55 Å². The highest BCUT2D eigenvalue weighted by molar-refractivity contribution is 6.03. The average Bonchev–Trinajstić information content (AvgIpc) is 2.58. The van der Waals surface area contributed by atoms with Gasteiger partial charge in [-0.25, -0.2) is 13.8 Å². The molecule has 0 fully saturated rings. The quantitative estimate of drug-likeness (QED) is 0.779. The molecule has 1 amide bonds. The lowest BCUT2D eigenvalue weighted by Crippen LogP contribution is -2.19. The molecule has 0 atom stereocenters. The molecule has 2 heterocycles. The number of carbonyl (C=O) groups excluding carboxylic acids is 1. The molecule has 0 bridgehead atoms. The largest absolute Gasteiger partial charge is 0.456 e. The van der Waals surface area contributed by atoms with E-state index in [4.69, 9.17) is 4.74 Å². The summed E-state index contributed by atoms with van der Waals surface area (Å²) in [5.74, 6) is -1.46. The fourth-order valence-electron chi connectivity index (χ4n) is 2.15. The molecule has 0 spiro atoms.